The van der Waals surface area contributed by atoms with E-state index >= 15 is 0 Å². The third-order valence-corrected chi connectivity index (χ3v) is 4.10. The van der Waals surface area contributed by atoms with Gasteiger partial charge in [-0.3, -0.25) is 4.79 Å². The van der Waals surface area contributed by atoms with Crippen LogP contribution in [0.15, 0.2) is 65.4 Å². The second-order valence-electron chi connectivity index (χ2n) is 6.59. The highest BCUT2D eigenvalue weighted by molar-refractivity contribution is 6.02. The van der Waals surface area contributed by atoms with Gasteiger partial charge in [0.2, 0.25) is 0 Å². The van der Waals surface area contributed by atoms with Crippen molar-refractivity contribution >= 4 is 23.4 Å². The summed E-state index contributed by atoms with van der Waals surface area (Å²) in [5.74, 6) is 0.768. The van der Waals surface area contributed by atoms with Crippen LogP contribution < -0.4 is 20.9 Å². The molecule has 3 N–H and O–H groups in total. The van der Waals surface area contributed by atoms with Crippen molar-refractivity contribution in [2.45, 2.75) is 13.1 Å². The summed E-state index contributed by atoms with van der Waals surface area (Å²) in [7, 11) is 3.84. The molecule has 0 saturated heterocycles. The van der Waals surface area contributed by atoms with Gasteiger partial charge in [-0.25, -0.2) is 9.78 Å². The van der Waals surface area contributed by atoms with Crippen molar-refractivity contribution in [3.8, 4) is 0 Å². The van der Waals surface area contributed by atoms with E-state index in [4.69, 9.17) is 4.42 Å². The number of furan rings is 1. The molecular weight excluding hydrogens is 370 g/mol. The van der Waals surface area contributed by atoms with E-state index < -0.39 is 0 Å². The minimum atomic E-state index is -0.327. The predicted molar refractivity (Wildman–Crippen MR) is 111 cm³/mol. The van der Waals surface area contributed by atoms with Gasteiger partial charge in [0.05, 0.1) is 6.26 Å². The molecule has 150 valence electrons. The highest BCUT2D eigenvalue weighted by Gasteiger charge is 2.09. The van der Waals surface area contributed by atoms with Crippen LogP contribution in [0, 0.1) is 0 Å². The summed E-state index contributed by atoms with van der Waals surface area (Å²) in [6.45, 7) is 0.708. The zero-order valence-electron chi connectivity index (χ0n) is 16.3. The Morgan fingerprint density at radius 1 is 1.00 bits per heavy atom. The molecule has 0 bridgehead atoms. The number of urea groups is 1. The summed E-state index contributed by atoms with van der Waals surface area (Å²) in [4.78, 5) is 30.3. The maximum atomic E-state index is 12.0. The van der Waals surface area contributed by atoms with Crippen LogP contribution in [0.3, 0.4) is 0 Å². The molecule has 0 saturated carbocycles. The van der Waals surface area contributed by atoms with Crippen LogP contribution in [-0.4, -0.2) is 31.0 Å². The van der Waals surface area contributed by atoms with Gasteiger partial charge in [0.1, 0.15) is 5.82 Å². The SMILES string of the molecule is CN(C)c1ccc(CNC(=O)NCc2cccc(NC(=O)c3ccco3)c2)cn1. The van der Waals surface area contributed by atoms with Crippen molar-refractivity contribution in [1.82, 2.24) is 15.6 Å². The lowest BCUT2D eigenvalue weighted by molar-refractivity contribution is 0.0996. The lowest BCUT2D eigenvalue weighted by Gasteiger charge is -2.12. The van der Waals surface area contributed by atoms with Crippen molar-refractivity contribution in [2.75, 3.05) is 24.3 Å². The maximum absolute atomic E-state index is 12.0. The fraction of sp³-hybridized carbons (Fsp3) is 0.190. The first kappa shape index (κ1) is 19.9. The van der Waals surface area contributed by atoms with Crippen molar-refractivity contribution in [3.63, 3.8) is 0 Å². The van der Waals surface area contributed by atoms with E-state index in [9.17, 15) is 9.59 Å². The molecule has 0 aliphatic carbocycles. The number of carbonyl (C=O) groups is 2. The van der Waals surface area contributed by atoms with Crippen LogP contribution in [0.25, 0.3) is 0 Å². The van der Waals surface area contributed by atoms with Crippen LogP contribution in [0.5, 0.6) is 0 Å². The standard InChI is InChI=1S/C21H23N5O3/c1-26(2)19-9-8-16(13-22-19)14-24-21(28)23-12-15-5-3-6-17(11-15)25-20(27)18-7-4-10-29-18/h3-11,13H,12,14H2,1-2H3,(H,25,27)(H2,23,24,28). The first-order valence-corrected chi connectivity index (χ1v) is 9.09. The lowest BCUT2D eigenvalue weighted by Crippen LogP contribution is -2.34. The average molecular weight is 393 g/mol. The Balaban J connectivity index is 1.46. The van der Waals surface area contributed by atoms with E-state index in [1.54, 1.807) is 30.5 Å². The normalized spacial score (nSPS) is 10.3. The Morgan fingerprint density at radius 3 is 2.45 bits per heavy atom. The molecule has 2 aromatic heterocycles. The minimum Gasteiger partial charge on any atom is -0.459 e. The number of pyridine rings is 1. The molecule has 3 amide bonds. The molecule has 0 atom stereocenters. The van der Waals surface area contributed by atoms with Crippen molar-refractivity contribution in [2.24, 2.45) is 0 Å². The molecule has 3 aromatic rings. The number of rotatable bonds is 7. The Labute approximate surface area is 168 Å². The van der Waals surface area contributed by atoms with Gasteiger partial charge in [-0.1, -0.05) is 18.2 Å². The molecule has 8 nitrogen and oxygen atoms in total. The molecular formula is C21H23N5O3. The number of benzene rings is 1. The van der Waals surface area contributed by atoms with Gasteiger partial charge in [0, 0.05) is 39.1 Å². The number of nitrogens with one attached hydrogen (secondary N) is 3. The highest BCUT2D eigenvalue weighted by Crippen LogP contribution is 2.13. The summed E-state index contributed by atoms with van der Waals surface area (Å²) in [5, 5.41) is 8.35. The molecule has 2 heterocycles. The molecule has 1 aromatic carbocycles. The average Bonchev–Trinajstić information content (AvgIpc) is 3.26. The van der Waals surface area contributed by atoms with Gasteiger partial charge in [-0.05, 0) is 41.5 Å². The van der Waals surface area contributed by atoms with Gasteiger partial charge in [0.15, 0.2) is 5.76 Å². The van der Waals surface area contributed by atoms with Crippen LogP contribution in [0.4, 0.5) is 16.3 Å². The van der Waals surface area contributed by atoms with Crippen LogP contribution in [0.1, 0.15) is 21.7 Å². The molecule has 0 spiro atoms. The number of hydrogen-bond donors (Lipinski definition) is 3. The zero-order valence-corrected chi connectivity index (χ0v) is 16.3. The van der Waals surface area contributed by atoms with E-state index in [2.05, 4.69) is 20.9 Å². The first-order chi connectivity index (χ1) is 14.0. The van der Waals surface area contributed by atoms with Gasteiger partial charge >= 0.3 is 6.03 Å². The lowest BCUT2D eigenvalue weighted by atomic mass is 10.2. The molecule has 0 aliphatic rings. The van der Waals surface area contributed by atoms with E-state index in [-0.39, 0.29) is 17.7 Å². The van der Waals surface area contributed by atoms with Crippen LogP contribution >= 0.6 is 0 Å². The van der Waals surface area contributed by atoms with Gasteiger partial charge < -0.3 is 25.3 Å². The summed E-state index contributed by atoms with van der Waals surface area (Å²) in [5.41, 5.74) is 2.39. The third-order valence-electron chi connectivity index (χ3n) is 4.10. The van der Waals surface area contributed by atoms with Gasteiger partial charge in [-0.15, -0.1) is 0 Å². The second kappa shape index (κ2) is 9.41. The third kappa shape index (κ3) is 5.83. The maximum Gasteiger partial charge on any atom is 0.315 e. The smallest absolute Gasteiger partial charge is 0.315 e. The first-order valence-electron chi connectivity index (χ1n) is 9.09. The molecule has 0 fully saturated rings. The Morgan fingerprint density at radius 2 is 1.79 bits per heavy atom. The van der Waals surface area contributed by atoms with E-state index in [1.807, 2.05) is 43.3 Å². The second-order valence-corrected chi connectivity index (χ2v) is 6.59. The summed E-state index contributed by atoms with van der Waals surface area (Å²) in [6, 6.07) is 14.0. The summed E-state index contributed by atoms with van der Waals surface area (Å²) in [6.07, 6.45) is 3.18. The van der Waals surface area contributed by atoms with Gasteiger partial charge in [-0.2, -0.15) is 0 Å². The van der Waals surface area contributed by atoms with E-state index in [0.717, 1.165) is 16.9 Å². The molecule has 0 unspecified atom stereocenters. The molecule has 29 heavy (non-hydrogen) atoms. The number of aromatic nitrogens is 1. The summed E-state index contributed by atoms with van der Waals surface area (Å²) < 4.78 is 5.07. The van der Waals surface area contributed by atoms with Crippen molar-refractivity contribution in [3.05, 3.63) is 77.9 Å². The zero-order chi connectivity index (χ0) is 20.6. The fourth-order valence-corrected chi connectivity index (χ4v) is 2.57. The topological polar surface area (TPSA) is 99.5 Å². The van der Waals surface area contributed by atoms with Gasteiger partial charge in [0.25, 0.3) is 5.91 Å². The predicted octanol–water partition coefficient (Wildman–Crippen LogP) is 2.99. The molecule has 3 rings (SSSR count). The van der Waals surface area contributed by atoms with Crippen LogP contribution in [0.2, 0.25) is 0 Å². The number of anilines is 2. The fourth-order valence-electron chi connectivity index (χ4n) is 2.57. The number of carbonyl (C=O) groups excluding carboxylic acids is 2. The monoisotopic (exact) mass is 393 g/mol. The van der Waals surface area contributed by atoms with Crippen LogP contribution in [-0.2, 0) is 13.1 Å². The van der Waals surface area contributed by atoms with E-state index in [0.29, 0.717) is 18.8 Å². The number of nitrogens with zero attached hydrogens (tertiary/aromatic N) is 2. The summed E-state index contributed by atoms with van der Waals surface area (Å²) >= 11 is 0. The van der Waals surface area contributed by atoms with E-state index in [1.165, 1.54) is 6.26 Å². The Hall–Kier alpha value is -3.81. The number of hydrogen-bond acceptors (Lipinski definition) is 5. The van der Waals surface area contributed by atoms with Crippen molar-refractivity contribution < 1.29 is 14.0 Å². The quantitative estimate of drug-likeness (QED) is 0.573. The minimum absolute atomic E-state index is 0.237. The largest absolute Gasteiger partial charge is 0.459 e. The Bertz CT molecular complexity index is 953. The molecule has 0 radical (unpaired) electrons. The molecule has 8 heteroatoms. The Kier molecular flexibility index (Phi) is 6.47. The molecule has 0 aliphatic heterocycles. The van der Waals surface area contributed by atoms with Crippen molar-refractivity contribution in [1.29, 1.82) is 0 Å². The number of amides is 3. The highest BCUT2D eigenvalue weighted by atomic mass is 16.3.